The molecule has 114 valence electrons. The fourth-order valence-electron chi connectivity index (χ4n) is 2.08. The summed E-state index contributed by atoms with van der Waals surface area (Å²) in [6.45, 7) is 1.89. The molecule has 1 fully saturated rings. The molecule has 0 radical (unpaired) electrons. The van der Waals surface area contributed by atoms with Crippen molar-refractivity contribution in [3.63, 3.8) is 0 Å². The predicted octanol–water partition coefficient (Wildman–Crippen LogP) is 2.34. The maximum absolute atomic E-state index is 11.6. The van der Waals surface area contributed by atoms with Crippen molar-refractivity contribution in [2.45, 2.75) is 20.0 Å². The second-order valence-corrected chi connectivity index (χ2v) is 5.25. The van der Waals surface area contributed by atoms with Gasteiger partial charge in [0.1, 0.15) is 0 Å². The molecule has 0 N–H and O–H groups in total. The minimum atomic E-state index is -0.497. The predicted molar refractivity (Wildman–Crippen MR) is 73.5 cm³/mol. The largest absolute Gasteiger partial charge is 0.455 e. The zero-order valence-electron chi connectivity index (χ0n) is 11.8. The van der Waals surface area contributed by atoms with Gasteiger partial charge < -0.3 is 9.26 Å². The van der Waals surface area contributed by atoms with E-state index in [1.54, 1.807) is 6.07 Å². The average Bonchev–Trinajstić information content (AvgIpc) is 3.06. The molecular formula is C14H13N3O5. The van der Waals surface area contributed by atoms with E-state index in [4.69, 9.17) is 9.26 Å². The summed E-state index contributed by atoms with van der Waals surface area (Å²) in [7, 11) is 0. The van der Waals surface area contributed by atoms with E-state index in [1.165, 1.54) is 18.2 Å². The zero-order valence-corrected chi connectivity index (χ0v) is 11.8. The molecule has 0 spiro atoms. The molecule has 2 unspecified atom stereocenters. The molecule has 1 aromatic heterocycles. The topological polar surface area (TPSA) is 108 Å². The van der Waals surface area contributed by atoms with Gasteiger partial charge in [0.05, 0.1) is 10.8 Å². The van der Waals surface area contributed by atoms with Crippen LogP contribution >= 0.6 is 0 Å². The third kappa shape index (κ3) is 2.95. The highest BCUT2D eigenvalue weighted by Crippen LogP contribution is 2.38. The van der Waals surface area contributed by atoms with Crippen LogP contribution in [-0.2, 0) is 16.1 Å². The van der Waals surface area contributed by atoms with E-state index in [0.29, 0.717) is 11.5 Å². The number of benzene rings is 1. The van der Waals surface area contributed by atoms with Crippen molar-refractivity contribution >= 4 is 11.7 Å². The molecule has 2 atom stereocenters. The van der Waals surface area contributed by atoms with E-state index in [-0.39, 0.29) is 35.9 Å². The van der Waals surface area contributed by atoms with E-state index >= 15 is 0 Å². The van der Waals surface area contributed by atoms with Gasteiger partial charge in [-0.2, -0.15) is 4.98 Å². The van der Waals surface area contributed by atoms with Gasteiger partial charge in [-0.25, -0.2) is 0 Å². The smallest absolute Gasteiger partial charge is 0.309 e. The second kappa shape index (κ2) is 5.55. The number of non-ortho nitro benzene ring substituents is 1. The normalized spacial score (nSPS) is 19.7. The molecule has 1 saturated carbocycles. The molecule has 2 aromatic rings. The van der Waals surface area contributed by atoms with Crippen molar-refractivity contribution in [1.29, 1.82) is 0 Å². The van der Waals surface area contributed by atoms with Crippen LogP contribution in [0.2, 0.25) is 0 Å². The number of hydrogen-bond donors (Lipinski definition) is 0. The first-order chi connectivity index (χ1) is 10.5. The van der Waals surface area contributed by atoms with Crippen LogP contribution in [0.3, 0.4) is 0 Å². The highest BCUT2D eigenvalue weighted by atomic mass is 16.6. The Morgan fingerprint density at radius 1 is 1.55 bits per heavy atom. The summed E-state index contributed by atoms with van der Waals surface area (Å²) in [5.74, 6) is 0.454. The summed E-state index contributed by atoms with van der Waals surface area (Å²) in [5, 5.41) is 14.5. The highest BCUT2D eigenvalue weighted by molar-refractivity contribution is 5.75. The standard InChI is InChI=1S/C14H13N3O5/c1-8-5-11(8)14(18)21-7-12-15-13(16-22-12)9-3-2-4-10(6-9)17(19)20/h2-4,6,8,11H,5,7H2,1H3. The number of esters is 1. The van der Waals surface area contributed by atoms with Crippen molar-refractivity contribution in [2.24, 2.45) is 11.8 Å². The zero-order chi connectivity index (χ0) is 15.7. The van der Waals surface area contributed by atoms with Crippen LogP contribution in [0.15, 0.2) is 28.8 Å². The van der Waals surface area contributed by atoms with Gasteiger partial charge in [-0.15, -0.1) is 0 Å². The molecule has 0 amide bonds. The number of nitro benzene ring substituents is 1. The van der Waals surface area contributed by atoms with Gasteiger partial charge in [0.15, 0.2) is 6.61 Å². The quantitative estimate of drug-likeness (QED) is 0.473. The van der Waals surface area contributed by atoms with Gasteiger partial charge in [-0.3, -0.25) is 14.9 Å². The summed E-state index contributed by atoms with van der Waals surface area (Å²) in [6, 6.07) is 5.91. The maximum atomic E-state index is 11.6. The lowest BCUT2D eigenvalue weighted by molar-refractivity contribution is -0.384. The summed E-state index contributed by atoms with van der Waals surface area (Å²) in [4.78, 5) is 25.9. The van der Waals surface area contributed by atoms with Crippen molar-refractivity contribution < 1.29 is 19.0 Å². The fraction of sp³-hybridized carbons (Fsp3) is 0.357. The highest BCUT2D eigenvalue weighted by Gasteiger charge is 2.40. The Bertz CT molecular complexity index is 727. The van der Waals surface area contributed by atoms with E-state index < -0.39 is 4.92 Å². The molecule has 1 aliphatic carbocycles. The van der Waals surface area contributed by atoms with Crippen LogP contribution < -0.4 is 0 Å². The molecule has 8 nitrogen and oxygen atoms in total. The van der Waals surface area contributed by atoms with Gasteiger partial charge in [-0.05, 0) is 12.3 Å². The van der Waals surface area contributed by atoms with Crippen molar-refractivity contribution in [1.82, 2.24) is 10.1 Å². The molecule has 0 saturated heterocycles. The minimum Gasteiger partial charge on any atom is -0.455 e. The van der Waals surface area contributed by atoms with E-state index in [9.17, 15) is 14.9 Å². The lowest BCUT2D eigenvalue weighted by Gasteiger charge is -1.99. The molecule has 1 aliphatic rings. The fourth-order valence-corrected chi connectivity index (χ4v) is 2.08. The molecular weight excluding hydrogens is 290 g/mol. The summed E-state index contributed by atoms with van der Waals surface area (Å²) in [6.07, 6.45) is 0.849. The molecule has 1 heterocycles. The molecule has 22 heavy (non-hydrogen) atoms. The van der Waals surface area contributed by atoms with Crippen molar-refractivity contribution in [3.8, 4) is 11.4 Å². The first-order valence-corrected chi connectivity index (χ1v) is 6.78. The second-order valence-electron chi connectivity index (χ2n) is 5.25. The molecule has 1 aromatic carbocycles. The summed E-state index contributed by atoms with van der Waals surface area (Å²) >= 11 is 0. The maximum Gasteiger partial charge on any atom is 0.309 e. The third-order valence-corrected chi connectivity index (χ3v) is 3.53. The average molecular weight is 303 g/mol. The van der Waals surface area contributed by atoms with Crippen molar-refractivity contribution in [3.05, 3.63) is 40.3 Å². The van der Waals surface area contributed by atoms with Gasteiger partial charge in [0.2, 0.25) is 5.82 Å². The first kappa shape index (κ1) is 14.2. The number of aromatic nitrogens is 2. The van der Waals surface area contributed by atoms with Crippen LogP contribution in [0.25, 0.3) is 11.4 Å². The molecule has 3 rings (SSSR count). The SMILES string of the molecule is CC1CC1C(=O)OCc1nc(-c2cccc([N+](=O)[O-])c2)no1. The number of nitro groups is 1. The molecule has 8 heteroatoms. The minimum absolute atomic E-state index is 0.0286. The van der Waals surface area contributed by atoms with Crippen LogP contribution in [-0.4, -0.2) is 21.0 Å². The number of nitrogens with zero attached hydrogens (tertiary/aromatic N) is 3. The molecule has 0 bridgehead atoms. The van der Waals surface area contributed by atoms with Gasteiger partial charge in [0.25, 0.3) is 11.6 Å². The van der Waals surface area contributed by atoms with E-state index in [0.717, 1.165) is 6.42 Å². The van der Waals surface area contributed by atoms with Crippen LogP contribution in [0.5, 0.6) is 0 Å². The number of ether oxygens (including phenoxy) is 1. The van der Waals surface area contributed by atoms with Gasteiger partial charge >= 0.3 is 5.97 Å². The Morgan fingerprint density at radius 3 is 3.00 bits per heavy atom. The number of hydrogen-bond acceptors (Lipinski definition) is 7. The number of carbonyl (C=O) groups excluding carboxylic acids is 1. The Balaban J connectivity index is 1.67. The van der Waals surface area contributed by atoms with Crippen LogP contribution in [0.4, 0.5) is 5.69 Å². The first-order valence-electron chi connectivity index (χ1n) is 6.78. The Labute approximate surface area is 125 Å². The lowest BCUT2D eigenvalue weighted by Crippen LogP contribution is -2.07. The number of carbonyl (C=O) groups is 1. The summed E-state index contributed by atoms with van der Waals surface area (Å²) in [5.41, 5.74) is 0.407. The summed E-state index contributed by atoms with van der Waals surface area (Å²) < 4.78 is 10.1. The lowest BCUT2D eigenvalue weighted by atomic mass is 10.2. The third-order valence-electron chi connectivity index (χ3n) is 3.53. The van der Waals surface area contributed by atoms with E-state index in [1.807, 2.05) is 6.92 Å². The molecule has 0 aliphatic heterocycles. The van der Waals surface area contributed by atoms with Gasteiger partial charge in [0, 0.05) is 17.7 Å². The monoisotopic (exact) mass is 303 g/mol. The Morgan fingerprint density at radius 2 is 2.32 bits per heavy atom. The van der Waals surface area contributed by atoms with Crippen LogP contribution in [0.1, 0.15) is 19.2 Å². The van der Waals surface area contributed by atoms with Gasteiger partial charge in [-0.1, -0.05) is 24.2 Å². The Kier molecular flexibility index (Phi) is 3.58. The van der Waals surface area contributed by atoms with Crippen LogP contribution in [0, 0.1) is 22.0 Å². The Hall–Kier alpha value is -2.77. The van der Waals surface area contributed by atoms with Crippen molar-refractivity contribution in [2.75, 3.05) is 0 Å². The number of rotatable bonds is 5. The van der Waals surface area contributed by atoms with E-state index in [2.05, 4.69) is 10.1 Å².